The zero-order valence-electron chi connectivity index (χ0n) is 15.5. The van der Waals surface area contributed by atoms with Gasteiger partial charge in [0.05, 0.1) is 21.5 Å². The molecule has 0 aromatic heterocycles. The van der Waals surface area contributed by atoms with E-state index in [0.717, 1.165) is 18.2 Å². The first-order valence-corrected chi connectivity index (χ1v) is 10.2. The highest BCUT2D eigenvalue weighted by molar-refractivity contribution is 6.53. The van der Waals surface area contributed by atoms with Crippen molar-refractivity contribution in [2.45, 2.75) is 16.4 Å². The molecule has 1 fully saturated rings. The Kier molecular flexibility index (Phi) is 6.87. The Bertz CT molecular complexity index is 1090. The monoisotopic (exact) mass is 534 g/mol. The van der Waals surface area contributed by atoms with E-state index < -0.39 is 62.9 Å². The van der Waals surface area contributed by atoms with Crippen LogP contribution < -0.4 is 10.6 Å². The summed E-state index contributed by atoms with van der Waals surface area (Å²) in [6, 6.07) is 5.38. The van der Waals surface area contributed by atoms with Crippen LogP contribution in [-0.2, 0) is 4.79 Å². The molecule has 2 aromatic rings. The van der Waals surface area contributed by atoms with Crippen molar-refractivity contribution in [2.24, 2.45) is 5.92 Å². The van der Waals surface area contributed by atoms with Gasteiger partial charge in [-0.2, -0.15) is 13.2 Å². The summed E-state index contributed by atoms with van der Waals surface area (Å²) in [6.07, 6.45) is -4.69. The van der Waals surface area contributed by atoms with Crippen LogP contribution >= 0.6 is 46.4 Å². The maximum absolute atomic E-state index is 14.1. The maximum Gasteiger partial charge on any atom is 0.405 e. The van der Waals surface area contributed by atoms with E-state index in [1.165, 1.54) is 12.1 Å². The zero-order valence-corrected chi connectivity index (χ0v) is 18.5. The Morgan fingerprint density at radius 1 is 1.03 bits per heavy atom. The van der Waals surface area contributed by atoms with Crippen molar-refractivity contribution in [1.82, 2.24) is 5.32 Å². The lowest BCUT2D eigenvalue weighted by Crippen LogP contribution is -2.34. The number of benzene rings is 2. The Morgan fingerprint density at radius 2 is 1.69 bits per heavy atom. The summed E-state index contributed by atoms with van der Waals surface area (Å²) in [7, 11) is 0. The molecular formula is C19H11Cl4F5N2O2. The Hall–Kier alpha value is -1.81. The SMILES string of the molecule is O=C(NCC(F)(F)F)c1cc(NC(=O)[C@H]2[C@H](c3ccc(F)c(Cl)c3)C2(Cl)Cl)cc(F)c1Cl. The predicted molar refractivity (Wildman–Crippen MR) is 111 cm³/mol. The lowest BCUT2D eigenvalue weighted by molar-refractivity contribution is -0.123. The number of hydrogen-bond donors (Lipinski definition) is 2. The van der Waals surface area contributed by atoms with E-state index in [1.54, 1.807) is 5.32 Å². The van der Waals surface area contributed by atoms with Gasteiger partial charge in [0.15, 0.2) is 0 Å². The molecule has 1 aliphatic rings. The van der Waals surface area contributed by atoms with Gasteiger partial charge in [0.1, 0.15) is 22.5 Å². The molecule has 3 rings (SSSR count). The topological polar surface area (TPSA) is 58.2 Å². The van der Waals surface area contributed by atoms with Crippen LogP contribution in [0, 0.1) is 17.6 Å². The first kappa shape index (κ1) is 24.8. The number of nitrogens with one attached hydrogen (secondary N) is 2. The van der Waals surface area contributed by atoms with Crippen LogP contribution in [0.25, 0.3) is 0 Å². The second-order valence-electron chi connectivity index (χ2n) is 6.91. The highest BCUT2D eigenvalue weighted by Crippen LogP contribution is 2.65. The largest absolute Gasteiger partial charge is 0.405 e. The fraction of sp³-hybridized carbons (Fsp3) is 0.263. The Labute approximate surface area is 198 Å². The van der Waals surface area contributed by atoms with Gasteiger partial charge in [0.25, 0.3) is 5.91 Å². The van der Waals surface area contributed by atoms with Crippen LogP contribution in [0.1, 0.15) is 21.8 Å². The molecule has 1 aliphatic carbocycles. The van der Waals surface area contributed by atoms with E-state index in [4.69, 9.17) is 46.4 Å². The molecule has 4 nitrogen and oxygen atoms in total. The molecule has 0 spiro atoms. The number of amides is 2. The summed E-state index contributed by atoms with van der Waals surface area (Å²) < 4.78 is 62.9. The third-order valence-corrected chi connectivity index (χ3v) is 6.24. The van der Waals surface area contributed by atoms with E-state index >= 15 is 0 Å². The lowest BCUT2D eigenvalue weighted by atomic mass is 10.1. The minimum absolute atomic E-state index is 0.202. The van der Waals surface area contributed by atoms with E-state index in [9.17, 15) is 31.5 Å². The molecule has 2 N–H and O–H groups in total. The molecule has 172 valence electrons. The fourth-order valence-corrected chi connectivity index (χ4v) is 4.31. The number of anilines is 1. The van der Waals surface area contributed by atoms with Crippen LogP contribution in [0.4, 0.5) is 27.6 Å². The number of carbonyl (C=O) groups is 2. The molecule has 2 aromatic carbocycles. The molecule has 0 bridgehead atoms. The summed E-state index contributed by atoms with van der Waals surface area (Å²) >= 11 is 23.8. The van der Waals surface area contributed by atoms with Crippen LogP contribution in [-0.4, -0.2) is 28.9 Å². The van der Waals surface area contributed by atoms with E-state index in [2.05, 4.69) is 5.32 Å². The van der Waals surface area contributed by atoms with Gasteiger partial charge >= 0.3 is 6.18 Å². The number of alkyl halides is 5. The molecule has 32 heavy (non-hydrogen) atoms. The quantitative estimate of drug-likeness (QED) is 0.359. The van der Waals surface area contributed by atoms with Gasteiger partial charge in [0.2, 0.25) is 5.91 Å². The lowest BCUT2D eigenvalue weighted by Gasteiger charge is -2.12. The van der Waals surface area contributed by atoms with Gasteiger partial charge < -0.3 is 10.6 Å². The van der Waals surface area contributed by atoms with Gasteiger partial charge in [-0.1, -0.05) is 29.3 Å². The van der Waals surface area contributed by atoms with Crippen molar-refractivity contribution in [3.63, 3.8) is 0 Å². The first-order chi connectivity index (χ1) is 14.7. The second kappa shape index (κ2) is 8.85. The van der Waals surface area contributed by atoms with Crippen molar-refractivity contribution in [1.29, 1.82) is 0 Å². The Morgan fingerprint density at radius 3 is 2.28 bits per heavy atom. The molecule has 0 unspecified atom stereocenters. The van der Waals surface area contributed by atoms with Crippen molar-refractivity contribution in [3.05, 3.63) is 63.1 Å². The summed E-state index contributed by atoms with van der Waals surface area (Å²) in [4.78, 5) is 24.7. The average Bonchev–Trinajstić information content (AvgIpc) is 3.26. The molecule has 0 saturated heterocycles. The van der Waals surface area contributed by atoms with Crippen LogP contribution in [0.5, 0.6) is 0 Å². The number of halogens is 9. The minimum atomic E-state index is -4.69. The third-order valence-electron chi connectivity index (χ3n) is 4.63. The van der Waals surface area contributed by atoms with Gasteiger partial charge in [-0.05, 0) is 29.8 Å². The van der Waals surface area contributed by atoms with E-state index in [0.29, 0.717) is 5.56 Å². The standard InChI is InChI=1S/C19H11Cl4F5N2O2/c20-10-3-7(1-2-11(10)24)13-14(19(13,22)23)17(32)30-8-4-9(15(21)12(25)5-8)16(31)29-6-18(26,27)28/h1-5,13-14H,6H2,(H,29,31)(H,30,32)/t13-,14+/m0/s1. The van der Waals surface area contributed by atoms with Crippen molar-refractivity contribution >= 4 is 63.9 Å². The van der Waals surface area contributed by atoms with Gasteiger partial charge in [-0.25, -0.2) is 8.78 Å². The molecular weight excluding hydrogens is 525 g/mol. The van der Waals surface area contributed by atoms with Crippen LogP contribution in [0.2, 0.25) is 10.0 Å². The number of carbonyl (C=O) groups excluding carboxylic acids is 2. The molecule has 2 amide bonds. The fourth-order valence-electron chi connectivity index (χ4n) is 3.10. The molecule has 0 radical (unpaired) electrons. The van der Waals surface area contributed by atoms with Crippen molar-refractivity contribution < 1.29 is 31.5 Å². The minimum Gasteiger partial charge on any atom is -0.343 e. The normalized spacial score (nSPS) is 19.4. The van der Waals surface area contributed by atoms with Crippen LogP contribution in [0.3, 0.4) is 0 Å². The summed E-state index contributed by atoms with van der Waals surface area (Å²) in [5.41, 5.74) is -0.496. The van der Waals surface area contributed by atoms with E-state index in [1.807, 2.05) is 0 Å². The van der Waals surface area contributed by atoms with Crippen molar-refractivity contribution in [3.8, 4) is 0 Å². The van der Waals surface area contributed by atoms with E-state index in [-0.39, 0.29) is 10.7 Å². The molecule has 0 heterocycles. The summed E-state index contributed by atoms with van der Waals surface area (Å²) in [6.45, 7) is -1.66. The Balaban J connectivity index is 1.79. The third kappa shape index (κ3) is 5.22. The predicted octanol–water partition coefficient (Wildman–Crippen LogP) is 6.09. The second-order valence-corrected chi connectivity index (χ2v) is 9.14. The zero-order chi connectivity index (χ0) is 24.0. The number of rotatable bonds is 5. The highest BCUT2D eigenvalue weighted by atomic mass is 35.5. The molecule has 13 heteroatoms. The average molecular weight is 536 g/mol. The van der Waals surface area contributed by atoms with Gasteiger partial charge in [-0.15, -0.1) is 23.2 Å². The smallest absolute Gasteiger partial charge is 0.343 e. The highest BCUT2D eigenvalue weighted by Gasteiger charge is 2.67. The number of hydrogen-bond acceptors (Lipinski definition) is 2. The molecule has 1 saturated carbocycles. The summed E-state index contributed by atoms with van der Waals surface area (Å²) in [5, 5.41) is 2.94. The summed E-state index contributed by atoms with van der Waals surface area (Å²) in [5.74, 6) is -5.72. The van der Waals surface area contributed by atoms with Gasteiger partial charge in [0, 0.05) is 11.6 Å². The molecule has 2 atom stereocenters. The van der Waals surface area contributed by atoms with Gasteiger partial charge in [-0.3, -0.25) is 9.59 Å². The van der Waals surface area contributed by atoms with Crippen LogP contribution in [0.15, 0.2) is 30.3 Å². The molecule has 0 aliphatic heterocycles. The maximum atomic E-state index is 14.1. The first-order valence-electron chi connectivity index (χ1n) is 8.70. The van der Waals surface area contributed by atoms with Crippen molar-refractivity contribution in [2.75, 3.05) is 11.9 Å².